The number of hydrogen-bond donors (Lipinski definition) is 0. The number of piperazine rings is 1. The van der Waals surface area contributed by atoms with Crippen LogP contribution in [0.2, 0.25) is 0 Å². The second-order valence-electron chi connectivity index (χ2n) is 7.79. The minimum atomic E-state index is 0.00627. The predicted molar refractivity (Wildman–Crippen MR) is 120 cm³/mol. The zero-order valence-electron chi connectivity index (χ0n) is 17.1. The number of hydrogen-bond acceptors (Lipinski definition) is 6. The molecule has 2 aromatic heterocycles. The van der Waals surface area contributed by atoms with Crippen LogP contribution in [0.25, 0.3) is 11.3 Å². The van der Waals surface area contributed by atoms with Crippen molar-refractivity contribution < 1.29 is 9.59 Å². The minimum Gasteiger partial charge on any atom is -0.334 e. The van der Waals surface area contributed by atoms with Gasteiger partial charge < -0.3 is 9.80 Å². The summed E-state index contributed by atoms with van der Waals surface area (Å²) in [7, 11) is 0. The first-order valence-electron chi connectivity index (χ1n) is 10.4. The highest BCUT2D eigenvalue weighted by Crippen LogP contribution is 2.27. The van der Waals surface area contributed by atoms with Crippen LogP contribution in [0.3, 0.4) is 0 Å². The SMILES string of the molecule is O=C(c1nccs1)N1CCN(C2CC(=O)N(c3ccc(-c4ccccn4)cc3)C2)CC1. The lowest BCUT2D eigenvalue weighted by Gasteiger charge is -2.37. The van der Waals surface area contributed by atoms with E-state index in [1.807, 2.05) is 57.6 Å². The summed E-state index contributed by atoms with van der Waals surface area (Å²) in [5, 5.41) is 2.37. The van der Waals surface area contributed by atoms with Crippen LogP contribution in [-0.2, 0) is 4.79 Å². The van der Waals surface area contributed by atoms with E-state index in [-0.39, 0.29) is 17.9 Å². The average Bonchev–Trinajstić information content (AvgIpc) is 3.50. The van der Waals surface area contributed by atoms with Crippen molar-refractivity contribution in [2.24, 2.45) is 0 Å². The molecule has 8 heteroatoms. The zero-order chi connectivity index (χ0) is 21.2. The lowest BCUT2D eigenvalue weighted by Crippen LogP contribution is -2.52. The number of pyridine rings is 1. The summed E-state index contributed by atoms with van der Waals surface area (Å²) < 4.78 is 0. The maximum absolute atomic E-state index is 12.7. The highest BCUT2D eigenvalue weighted by molar-refractivity contribution is 7.11. The smallest absolute Gasteiger partial charge is 0.282 e. The molecule has 4 heterocycles. The van der Waals surface area contributed by atoms with Gasteiger partial charge in [-0.1, -0.05) is 18.2 Å². The number of carbonyl (C=O) groups excluding carboxylic acids is 2. The van der Waals surface area contributed by atoms with Crippen LogP contribution < -0.4 is 4.90 Å². The molecule has 158 valence electrons. The molecule has 1 unspecified atom stereocenters. The molecule has 3 aromatic rings. The first kappa shape index (κ1) is 19.8. The summed E-state index contributed by atoms with van der Waals surface area (Å²) in [5.74, 6) is 0.156. The van der Waals surface area contributed by atoms with E-state index in [1.165, 1.54) is 11.3 Å². The van der Waals surface area contributed by atoms with Crippen molar-refractivity contribution in [1.82, 2.24) is 19.8 Å². The topological polar surface area (TPSA) is 69.6 Å². The summed E-state index contributed by atoms with van der Waals surface area (Å²) in [6.07, 6.45) is 3.96. The molecule has 0 aliphatic carbocycles. The monoisotopic (exact) mass is 433 g/mol. The van der Waals surface area contributed by atoms with Gasteiger partial charge in [0.15, 0.2) is 5.01 Å². The van der Waals surface area contributed by atoms with Gasteiger partial charge in [0, 0.05) is 74.2 Å². The van der Waals surface area contributed by atoms with Crippen LogP contribution >= 0.6 is 11.3 Å². The molecule has 2 amide bonds. The van der Waals surface area contributed by atoms with Gasteiger partial charge in [0.1, 0.15) is 0 Å². The van der Waals surface area contributed by atoms with Crippen molar-refractivity contribution in [3.05, 3.63) is 65.2 Å². The third-order valence-electron chi connectivity index (χ3n) is 5.98. The number of carbonyl (C=O) groups is 2. The number of aromatic nitrogens is 2. The van der Waals surface area contributed by atoms with Gasteiger partial charge in [0.05, 0.1) is 5.69 Å². The molecule has 1 aromatic carbocycles. The van der Waals surface area contributed by atoms with Gasteiger partial charge in [-0.05, 0) is 24.3 Å². The fraction of sp³-hybridized carbons (Fsp3) is 0.304. The van der Waals surface area contributed by atoms with Gasteiger partial charge in [0.2, 0.25) is 5.91 Å². The quantitative estimate of drug-likeness (QED) is 0.633. The lowest BCUT2D eigenvalue weighted by atomic mass is 10.1. The van der Waals surface area contributed by atoms with Crippen molar-refractivity contribution in [3.8, 4) is 11.3 Å². The predicted octanol–water partition coefficient (Wildman–Crippen LogP) is 2.77. The molecule has 7 nitrogen and oxygen atoms in total. The van der Waals surface area contributed by atoms with E-state index in [2.05, 4.69) is 14.9 Å². The molecule has 0 N–H and O–H groups in total. The Labute approximate surface area is 185 Å². The minimum absolute atomic E-state index is 0.00627. The molecule has 1 atom stereocenters. The Kier molecular flexibility index (Phi) is 5.48. The fourth-order valence-corrected chi connectivity index (χ4v) is 4.89. The molecule has 2 aliphatic rings. The van der Waals surface area contributed by atoms with Crippen molar-refractivity contribution in [2.45, 2.75) is 12.5 Å². The Morgan fingerprint density at radius 3 is 2.45 bits per heavy atom. The van der Waals surface area contributed by atoms with Crippen molar-refractivity contribution in [2.75, 3.05) is 37.6 Å². The fourth-order valence-electron chi connectivity index (χ4n) is 4.28. The molecular formula is C23H23N5O2S. The largest absolute Gasteiger partial charge is 0.334 e. The van der Waals surface area contributed by atoms with Gasteiger partial charge in [-0.25, -0.2) is 4.98 Å². The maximum Gasteiger partial charge on any atom is 0.282 e. The number of anilines is 1. The van der Waals surface area contributed by atoms with Crippen LogP contribution in [0.5, 0.6) is 0 Å². The number of benzene rings is 1. The Morgan fingerprint density at radius 2 is 1.77 bits per heavy atom. The summed E-state index contributed by atoms with van der Waals surface area (Å²) in [6.45, 7) is 3.58. The highest BCUT2D eigenvalue weighted by Gasteiger charge is 2.36. The van der Waals surface area contributed by atoms with E-state index in [4.69, 9.17) is 0 Å². The summed E-state index contributed by atoms with van der Waals surface area (Å²) in [6, 6.07) is 14.0. The molecular weight excluding hydrogens is 410 g/mol. The van der Waals surface area contributed by atoms with Crippen LogP contribution in [0.4, 0.5) is 5.69 Å². The van der Waals surface area contributed by atoms with Crippen LogP contribution in [-0.4, -0.2) is 70.3 Å². The maximum atomic E-state index is 12.7. The van der Waals surface area contributed by atoms with E-state index in [9.17, 15) is 9.59 Å². The van der Waals surface area contributed by atoms with E-state index >= 15 is 0 Å². The zero-order valence-corrected chi connectivity index (χ0v) is 17.9. The summed E-state index contributed by atoms with van der Waals surface area (Å²) >= 11 is 1.38. The second-order valence-corrected chi connectivity index (χ2v) is 8.68. The van der Waals surface area contributed by atoms with E-state index in [0.717, 1.165) is 30.0 Å². The molecule has 2 aliphatic heterocycles. The molecule has 0 bridgehead atoms. The van der Waals surface area contributed by atoms with Gasteiger partial charge in [-0.15, -0.1) is 11.3 Å². The number of thiazole rings is 1. The van der Waals surface area contributed by atoms with Crippen molar-refractivity contribution in [1.29, 1.82) is 0 Å². The van der Waals surface area contributed by atoms with Gasteiger partial charge in [0.25, 0.3) is 5.91 Å². The first-order valence-corrected chi connectivity index (χ1v) is 11.3. The van der Waals surface area contributed by atoms with Crippen LogP contribution in [0.15, 0.2) is 60.2 Å². The van der Waals surface area contributed by atoms with E-state index < -0.39 is 0 Å². The molecule has 2 fully saturated rings. The van der Waals surface area contributed by atoms with Gasteiger partial charge >= 0.3 is 0 Å². The molecule has 0 spiro atoms. The Hall–Kier alpha value is -3.10. The second kappa shape index (κ2) is 8.56. The lowest BCUT2D eigenvalue weighted by molar-refractivity contribution is -0.117. The standard InChI is InChI=1S/C23H23N5O2S/c29-21-15-19(26-10-12-27(13-11-26)23(30)22-25-9-14-31-22)16-28(21)18-6-4-17(5-7-18)20-3-1-2-8-24-20/h1-9,14,19H,10-13,15-16H2. The van der Waals surface area contributed by atoms with Crippen molar-refractivity contribution >= 4 is 28.8 Å². The average molecular weight is 434 g/mol. The Bertz CT molecular complexity index is 1050. The summed E-state index contributed by atoms with van der Waals surface area (Å²) in [5.41, 5.74) is 2.88. The highest BCUT2D eigenvalue weighted by atomic mass is 32.1. The molecule has 5 rings (SSSR count). The summed E-state index contributed by atoms with van der Waals surface area (Å²) in [4.78, 5) is 39.8. The third-order valence-corrected chi connectivity index (χ3v) is 6.74. The number of rotatable bonds is 4. The molecule has 0 radical (unpaired) electrons. The normalized spacial score (nSPS) is 19.7. The molecule has 0 saturated carbocycles. The van der Waals surface area contributed by atoms with Gasteiger partial charge in [-0.2, -0.15) is 0 Å². The van der Waals surface area contributed by atoms with Crippen LogP contribution in [0, 0.1) is 0 Å². The van der Waals surface area contributed by atoms with Gasteiger partial charge in [-0.3, -0.25) is 19.5 Å². The third kappa shape index (κ3) is 4.08. The number of nitrogens with zero attached hydrogens (tertiary/aromatic N) is 5. The number of amides is 2. The first-order chi connectivity index (χ1) is 15.2. The Balaban J connectivity index is 1.20. The molecule has 2 saturated heterocycles. The van der Waals surface area contributed by atoms with Crippen molar-refractivity contribution in [3.63, 3.8) is 0 Å². The van der Waals surface area contributed by atoms with E-state index in [0.29, 0.717) is 31.1 Å². The van der Waals surface area contributed by atoms with Crippen LogP contribution in [0.1, 0.15) is 16.2 Å². The molecule has 31 heavy (non-hydrogen) atoms. The Morgan fingerprint density at radius 1 is 0.968 bits per heavy atom. The van der Waals surface area contributed by atoms with E-state index in [1.54, 1.807) is 12.4 Å².